The average molecular weight is 206 g/mol. The number of hydrogen-bond acceptors (Lipinski definition) is 4. The van der Waals surface area contributed by atoms with E-state index in [1.807, 2.05) is 6.20 Å². The molecule has 1 aromatic heterocycles. The highest BCUT2D eigenvalue weighted by Gasteiger charge is 2.24. The first kappa shape index (κ1) is 10.5. The number of piperazine rings is 1. The molecule has 1 aromatic rings. The highest BCUT2D eigenvalue weighted by atomic mass is 15.2. The fourth-order valence-corrected chi connectivity index (χ4v) is 2.13. The van der Waals surface area contributed by atoms with Gasteiger partial charge < -0.3 is 5.32 Å². The van der Waals surface area contributed by atoms with Gasteiger partial charge in [-0.3, -0.25) is 14.9 Å². The van der Waals surface area contributed by atoms with E-state index in [1.54, 1.807) is 12.4 Å². The van der Waals surface area contributed by atoms with Gasteiger partial charge >= 0.3 is 0 Å². The van der Waals surface area contributed by atoms with Crippen LogP contribution in [0, 0.1) is 0 Å². The van der Waals surface area contributed by atoms with E-state index in [9.17, 15) is 0 Å². The van der Waals surface area contributed by atoms with Gasteiger partial charge in [-0.05, 0) is 13.8 Å². The number of nitrogens with one attached hydrogen (secondary N) is 1. The van der Waals surface area contributed by atoms with E-state index < -0.39 is 0 Å². The van der Waals surface area contributed by atoms with Crippen molar-refractivity contribution in [3.05, 3.63) is 24.3 Å². The zero-order valence-electron chi connectivity index (χ0n) is 9.35. The summed E-state index contributed by atoms with van der Waals surface area (Å²) in [7, 11) is 0. The van der Waals surface area contributed by atoms with Crippen LogP contribution in [0.3, 0.4) is 0 Å². The Morgan fingerprint density at radius 3 is 3.07 bits per heavy atom. The third-order valence-electron chi connectivity index (χ3n) is 3.06. The minimum absolute atomic E-state index is 0.357. The van der Waals surface area contributed by atoms with E-state index >= 15 is 0 Å². The molecule has 0 aromatic carbocycles. The van der Waals surface area contributed by atoms with Crippen molar-refractivity contribution >= 4 is 0 Å². The van der Waals surface area contributed by atoms with Crippen LogP contribution in [0.4, 0.5) is 0 Å². The molecule has 2 atom stereocenters. The van der Waals surface area contributed by atoms with Gasteiger partial charge in [0, 0.05) is 44.3 Å². The summed E-state index contributed by atoms with van der Waals surface area (Å²) in [6.45, 7) is 7.66. The molecule has 1 aliphatic heterocycles. The van der Waals surface area contributed by atoms with Crippen LogP contribution < -0.4 is 5.32 Å². The minimum Gasteiger partial charge on any atom is -0.314 e. The molecule has 0 bridgehead atoms. The van der Waals surface area contributed by atoms with E-state index in [4.69, 9.17) is 0 Å². The Bertz CT molecular complexity index is 301. The van der Waals surface area contributed by atoms with Crippen molar-refractivity contribution in [2.24, 2.45) is 0 Å². The Labute approximate surface area is 90.7 Å². The standard InChI is InChI=1S/C11H18N4/c1-9-7-13-5-6-15(9)10(2)11-8-12-3-4-14-11/h3-4,8-10,13H,5-7H2,1-2H3/t9-,10-/m0/s1. The van der Waals surface area contributed by atoms with Crippen LogP contribution in [-0.2, 0) is 0 Å². The predicted octanol–water partition coefficient (Wildman–Crippen LogP) is 0.831. The second kappa shape index (κ2) is 4.68. The number of rotatable bonds is 2. The van der Waals surface area contributed by atoms with Gasteiger partial charge in [0.1, 0.15) is 0 Å². The maximum atomic E-state index is 4.36. The van der Waals surface area contributed by atoms with Crippen molar-refractivity contribution in [2.45, 2.75) is 25.9 Å². The molecule has 1 aliphatic rings. The lowest BCUT2D eigenvalue weighted by molar-refractivity contribution is 0.123. The van der Waals surface area contributed by atoms with E-state index in [1.165, 1.54) is 0 Å². The normalized spacial score (nSPS) is 25.1. The molecular formula is C11H18N4. The molecule has 0 aliphatic carbocycles. The topological polar surface area (TPSA) is 41.0 Å². The molecule has 2 heterocycles. The van der Waals surface area contributed by atoms with Crippen molar-refractivity contribution in [1.82, 2.24) is 20.2 Å². The van der Waals surface area contributed by atoms with Gasteiger partial charge in [-0.2, -0.15) is 0 Å². The second-order valence-corrected chi connectivity index (χ2v) is 4.10. The fraction of sp³-hybridized carbons (Fsp3) is 0.636. The lowest BCUT2D eigenvalue weighted by Gasteiger charge is -2.37. The molecule has 4 nitrogen and oxygen atoms in total. The van der Waals surface area contributed by atoms with Crippen molar-refractivity contribution in [3.63, 3.8) is 0 Å². The highest BCUT2D eigenvalue weighted by Crippen LogP contribution is 2.20. The summed E-state index contributed by atoms with van der Waals surface area (Å²) >= 11 is 0. The van der Waals surface area contributed by atoms with E-state index in [-0.39, 0.29) is 0 Å². The zero-order chi connectivity index (χ0) is 10.7. The summed E-state index contributed by atoms with van der Waals surface area (Å²) in [5.41, 5.74) is 1.06. The van der Waals surface area contributed by atoms with E-state index in [0.29, 0.717) is 12.1 Å². The van der Waals surface area contributed by atoms with Gasteiger partial charge in [-0.1, -0.05) is 0 Å². The number of aromatic nitrogens is 2. The maximum absolute atomic E-state index is 4.36. The largest absolute Gasteiger partial charge is 0.314 e. The summed E-state index contributed by atoms with van der Waals surface area (Å²) in [5.74, 6) is 0. The predicted molar refractivity (Wildman–Crippen MR) is 59.5 cm³/mol. The molecule has 1 N–H and O–H groups in total. The van der Waals surface area contributed by atoms with Crippen LogP contribution in [0.25, 0.3) is 0 Å². The van der Waals surface area contributed by atoms with E-state index in [0.717, 1.165) is 25.3 Å². The first-order chi connectivity index (χ1) is 7.29. The lowest BCUT2D eigenvalue weighted by Crippen LogP contribution is -2.50. The monoisotopic (exact) mass is 206 g/mol. The third-order valence-corrected chi connectivity index (χ3v) is 3.06. The second-order valence-electron chi connectivity index (χ2n) is 4.10. The van der Waals surface area contributed by atoms with Gasteiger partial charge in [-0.25, -0.2) is 0 Å². The summed E-state index contributed by atoms with van der Waals surface area (Å²) in [4.78, 5) is 11.0. The molecule has 15 heavy (non-hydrogen) atoms. The first-order valence-electron chi connectivity index (χ1n) is 5.51. The molecule has 82 valence electrons. The molecule has 1 saturated heterocycles. The molecule has 0 spiro atoms. The maximum Gasteiger partial charge on any atom is 0.0755 e. The van der Waals surface area contributed by atoms with Gasteiger partial charge in [0.15, 0.2) is 0 Å². The summed E-state index contributed by atoms with van der Waals surface area (Å²) in [5, 5.41) is 3.39. The highest BCUT2D eigenvalue weighted by molar-refractivity contribution is 5.02. The zero-order valence-corrected chi connectivity index (χ0v) is 9.35. The van der Waals surface area contributed by atoms with Gasteiger partial charge in [-0.15, -0.1) is 0 Å². The minimum atomic E-state index is 0.357. The lowest BCUT2D eigenvalue weighted by atomic mass is 10.1. The molecule has 0 saturated carbocycles. The number of hydrogen-bond donors (Lipinski definition) is 1. The van der Waals surface area contributed by atoms with Gasteiger partial charge in [0.25, 0.3) is 0 Å². The van der Waals surface area contributed by atoms with Gasteiger partial charge in [0.05, 0.1) is 11.7 Å². The molecular weight excluding hydrogens is 188 g/mol. The van der Waals surface area contributed by atoms with Gasteiger partial charge in [0.2, 0.25) is 0 Å². The Morgan fingerprint density at radius 1 is 1.53 bits per heavy atom. The molecule has 0 radical (unpaired) electrons. The van der Waals surface area contributed by atoms with Crippen LogP contribution in [0.2, 0.25) is 0 Å². The van der Waals surface area contributed by atoms with Crippen molar-refractivity contribution < 1.29 is 0 Å². The Balaban J connectivity index is 2.09. The summed E-state index contributed by atoms with van der Waals surface area (Å²) < 4.78 is 0. The Morgan fingerprint density at radius 2 is 2.40 bits per heavy atom. The van der Waals surface area contributed by atoms with E-state index in [2.05, 4.69) is 34.0 Å². The molecule has 0 amide bonds. The summed E-state index contributed by atoms with van der Waals surface area (Å²) in [6.07, 6.45) is 5.34. The number of nitrogens with zero attached hydrogens (tertiary/aromatic N) is 3. The quantitative estimate of drug-likeness (QED) is 0.778. The van der Waals surface area contributed by atoms with Crippen molar-refractivity contribution in [1.29, 1.82) is 0 Å². The van der Waals surface area contributed by atoms with Crippen LogP contribution in [-0.4, -0.2) is 40.5 Å². The Kier molecular flexibility index (Phi) is 3.28. The van der Waals surface area contributed by atoms with Crippen LogP contribution >= 0.6 is 0 Å². The van der Waals surface area contributed by atoms with Crippen LogP contribution in [0.1, 0.15) is 25.6 Å². The molecule has 0 unspecified atom stereocenters. The van der Waals surface area contributed by atoms with Crippen molar-refractivity contribution in [2.75, 3.05) is 19.6 Å². The summed E-state index contributed by atoms with van der Waals surface area (Å²) in [6, 6.07) is 0.923. The molecule has 4 heteroatoms. The third kappa shape index (κ3) is 2.33. The molecule has 1 fully saturated rings. The van der Waals surface area contributed by atoms with Crippen molar-refractivity contribution in [3.8, 4) is 0 Å². The molecule has 2 rings (SSSR count). The van der Waals surface area contributed by atoms with Crippen LogP contribution in [0.5, 0.6) is 0 Å². The Hall–Kier alpha value is -1.00. The SMILES string of the molecule is C[C@H]1CNCCN1[C@@H](C)c1cnccn1. The first-order valence-corrected chi connectivity index (χ1v) is 5.51. The fourth-order valence-electron chi connectivity index (χ4n) is 2.13. The van der Waals surface area contributed by atoms with Crippen LogP contribution in [0.15, 0.2) is 18.6 Å². The smallest absolute Gasteiger partial charge is 0.0755 e. The average Bonchev–Trinajstić information content (AvgIpc) is 2.30.